The molecule has 1 amide bonds. The second-order valence-electron chi connectivity index (χ2n) is 5.67. The number of hydrogen-bond acceptors (Lipinski definition) is 1. The van der Waals surface area contributed by atoms with Crippen molar-refractivity contribution in [3.63, 3.8) is 0 Å². The minimum absolute atomic E-state index is 0.0984. The van der Waals surface area contributed by atoms with Gasteiger partial charge in [-0.15, -0.1) is 0 Å². The van der Waals surface area contributed by atoms with Gasteiger partial charge in [-0.25, -0.2) is 0 Å². The van der Waals surface area contributed by atoms with Crippen molar-refractivity contribution >= 4 is 27.5 Å². The van der Waals surface area contributed by atoms with Crippen LogP contribution >= 0.6 is 15.9 Å². The van der Waals surface area contributed by atoms with Crippen LogP contribution in [0.3, 0.4) is 0 Å². The molecule has 1 N–H and O–H groups in total. The number of aryl methyl sites for hydroxylation is 2. The van der Waals surface area contributed by atoms with E-state index in [2.05, 4.69) is 35.2 Å². The molecule has 0 aromatic heterocycles. The number of amides is 1. The third-order valence-electron chi connectivity index (χ3n) is 3.87. The molecular formula is C16H26BrN2O+. The second-order valence-corrected chi connectivity index (χ2v) is 6.47. The molecular weight excluding hydrogens is 316 g/mol. The molecule has 1 rings (SSSR count). The molecule has 1 aromatic rings. The molecule has 0 fully saturated rings. The third kappa shape index (κ3) is 4.91. The molecule has 0 bridgehead atoms. The van der Waals surface area contributed by atoms with Gasteiger partial charge in [-0.1, -0.05) is 34.1 Å². The van der Waals surface area contributed by atoms with Crippen molar-refractivity contribution in [3.8, 4) is 0 Å². The Bertz CT molecular complexity index is 442. The summed E-state index contributed by atoms with van der Waals surface area (Å²) in [6.45, 7) is 8.70. The molecule has 0 heterocycles. The zero-order chi connectivity index (χ0) is 15.2. The number of hydrogen-bond donors (Lipinski definition) is 1. The molecule has 0 spiro atoms. The van der Waals surface area contributed by atoms with E-state index >= 15 is 0 Å². The fourth-order valence-corrected chi connectivity index (χ4v) is 2.58. The van der Waals surface area contributed by atoms with Gasteiger partial charge >= 0.3 is 0 Å². The third-order valence-corrected chi connectivity index (χ3v) is 4.43. The van der Waals surface area contributed by atoms with Gasteiger partial charge in [0, 0.05) is 17.4 Å². The molecule has 1 unspecified atom stereocenters. The molecule has 112 valence electrons. The summed E-state index contributed by atoms with van der Waals surface area (Å²) < 4.78 is 0.780. The lowest BCUT2D eigenvalue weighted by molar-refractivity contribution is -0.900. The summed E-state index contributed by atoms with van der Waals surface area (Å²) in [6.07, 6.45) is 1.08. The highest BCUT2D eigenvalue weighted by molar-refractivity contribution is 9.09. The first-order valence-electron chi connectivity index (χ1n) is 7.17. The SMILES string of the molecule is CC[N+](C)(CCCBr)CC(=O)Nc1c(C)cccc1C. The van der Waals surface area contributed by atoms with Crippen molar-refractivity contribution in [3.05, 3.63) is 29.3 Å². The fraction of sp³-hybridized carbons (Fsp3) is 0.562. The number of nitrogens with zero attached hydrogens (tertiary/aromatic N) is 1. The molecule has 4 heteroatoms. The van der Waals surface area contributed by atoms with Crippen LogP contribution in [0.25, 0.3) is 0 Å². The lowest BCUT2D eigenvalue weighted by atomic mass is 10.1. The number of nitrogens with one attached hydrogen (secondary N) is 1. The van der Waals surface area contributed by atoms with Gasteiger partial charge in [0.15, 0.2) is 6.54 Å². The quantitative estimate of drug-likeness (QED) is 0.596. The molecule has 0 aliphatic rings. The van der Waals surface area contributed by atoms with Crippen LogP contribution < -0.4 is 5.32 Å². The standard InChI is InChI=1S/C16H25BrN2O/c1-5-19(4,11-7-10-17)12-15(20)18-16-13(2)8-6-9-14(16)3/h6,8-9H,5,7,10-12H2,1-4H3/p+1. The van der Waals surface area contributed by atoms with Crippen molar-refractivity contribution in [1.29, 1.82) is 0 Å². The molecule has 1 aromatic carbocycles. The van der Waals surface area contributed by atoms with E-state index in [4.69, 9.17) is 0 Å². The van der Waals surface area contributed by atoms with E-state index < -0.39 is 0 Å². The molecule has 0 saturated carbocycles. The van der Waals surface area contributed by atoms with E-state index in [1.165, 1.54) is 0 Å². The van der Waals surface area contributed by atoms with Crippen molar-refractivity contribution in [1.82, 2.24) is 0 Å². The lowest BCUT2D eigenvalue weighted by Crippen LogP contribution is -2.49. The highest BCUT2D eigenvalue weighted by Crippen LogP contribution is 2.19. The Morgan fingerprint density at radius 2 is 1.90 bits per heavy atom. The Morgan fingerprint density at radius 3 is 2.40 bits per heavy atom. The summed E-state index contributed by atoms with van der Waals surface area (Å²) in [7, 11) is 2.15. The Balaban J connectivity index is 2.71. The largest absolute Gasteiger partial charge is 0.321 e. The number of carbonyl (C=O) groups excluding carboxylic acids is 1. The zero-order valence-corrected chi connectivity index (χ0v) is 14.6. The van der Waals surface area contributed by atoms with Gasteiger partial charge in [0.05, 0.1) is 20.1 Å². The Labute approximate surface area is 131 Å². The Kier molecular flexibility index (Phi) is 6.69. The number of anilines is 1. The number of rotatable bonds is 7. The maximum atomic E-state index is 12.3. The monoisotopic (exact) mass is 341 g/mol. The predicted octanol–water partition coefficient (Wildman–Crippen LogP) is 3.49. The molecule has 0 aliphatic heterocycles. The summed E-state index contributed by atoms with van der Waals surface area (Å²) >= 11 is 3.46. The van der Waals surface area contributed by atoms with Crippen molar-refractivity contribution in [2.24, 2.45) is 0 Å². The minimum atomic E-state index is 0.0984. The minimum Gasteiger partial charge on any atom is -0.321 e. The van der Waals surface area contributed by atoms with Crippen LogP contribution in [-0.2, 0) is 4.79 Å². The first kappa shape index (κ1) is 17.2. The molecule has 0 saturated heterocycles. The summed E-state index contributed by atoms with van der Waals surface area (Å²) in [6, 6.07) is 6.07. The van der Waals surface area contributed by atoms with Gasteiger partial charge in [0.1, 0.15) is 0 Å². The van der Waals surface area contributed by atoms with E-state index in [0.717, 1.165) is 46.1 Å². The van der Waals surface area contributed by atoms with E-state index in [9.17, 15) is 4.79 Å². The maximum Gasteiger partial charge on any atom is 0.279 e. The second kappa shape index (κ2) is 7.79. The topological polar surface area (TPSA) is 29.1 Å². The summed E-state index contributed by atoms with van der Waals surface area (Å²) in [5, 5.41) is 4.06. The molecule has 0 aliphatic carbocycles. The van der Waals surface area contributed by atoms with Crippen LogP contribution in [0.2, 0.25) is 0 Å². The summed E-state index contributed by atoms with van der Waals surface area (Å²) in [4.78, 5) is 12.3. The summed E-state index contributed by atoms with van der Waals surface area (Å²) in [5.74, 6) is 0.0984. The normalized spacial score (nSPS) is 13.8. The maximum absolute atomic E-state index is 12.3. The smallest absolute Gasteiger partial charge is 0.279 e. The van der Waals surface area contributed by atoms with Crippen molar-refractivity contribution < 1.29 is 9.28 Å². The van der Waals surface area contributed by atoms with E-state index in [0.29, 0.717) is 6.54 Å². The van der Waals surface area contributed by atoms with Gasteiger partial charge in [-0.05, 0) is 31.9 Å². The number of carbonyl (C=O) groups is 1. The van der Waals surface area contributed by atoms with Gasteiger partial charge in [0.25, 0.3) is 5.91 Å². The fourth-order valence-electron chi connectivity index (χ4n) is 2.33. The number of alkyl halides is 1. The molecule has 1 atom stereocenters. The average Bonchev–Trinajstić information content (AvgIpc) is 2.41. The van der Waals surface area contributed by atoms with Gasteiger partial charge in [0.2, 0.25) is 0 Å². The first-order valence-corrected chi connectivity index (χ1v) is 8.29. The highest BCUT2D eigenvalue weighted by atomic mass is 79.9. The van der Waals surface area contributed by atoms with Crippen molar-refractivity contribution in [2.45, 2.75) is 27.2 Å². The molecule has 20 heavy (non-hydrogen) atoms. The summed E-state index contributed by atoms with van der Waals surface area (Å²) in [5.41, 5.74) is 3.19. The van der Waals surface area contributed by atoms with Crippen LogP contribution in [-0.4, -0.2) is 42.4 Å². The zero-order valence-electron chi connectivity index (χ0n) is 13.0. The van der Waals surface area contributed by atoms with Gasteiger partial charge < -0.3 is 9.80 Å². The Morgan fingerprint density at radius 1 is 1.30 bits per heavy atom. The predicted molar refractivity (Wildman–Crippen MR) is 89.4 cm³/mol. The number of likely N-dealkylation sites (N-methyl/N-ethyl adjacent to an activating group) is 1. The number of benzene rings is 1. The van der Waals surface area contributed by atoms with Gasteiger partial charge in [-0.3, -0.25) is 4.79 Å². The van der Waals surface area contributed by atoms with E-state index in [1.807, 2.05) is 32.0 Å². The van der Waals surface area contributed by atoms with Crippen LogP contribution in [0.4, 0.5) is 5.69 Å². The number of para-hydroxylation sites is 1. The van der Waals surface area contributed by atoms with Crippen LogP contribution in [0.1, 0.15) is 24.5 Å². The van der Waals surface area contributed by atoms with E-state index in [1.54, 1.807) is 0 Å². The van der Waals surface area contributed by atoms with Crippen molar-refractivity contribution in [2.75, 3.05) is 37.3 Å². The number of quaternary nitrogens is 1. The van der Waals surface area contributed by atoms with Crippen LogP contribution in [0.5, 0.6) is 0 Å². The lowest BCUT2D eigenvalue weighted by Gasteiger charge is -2.32. The first-order chi connectivity index (χ1) is 9.41. The number of halogens is 1. The average molecular weight is 342 g/mol. The molecule has 3 nitrogen and oxygen atoms in total. The van der Waals surface area contributed by atoms with Crippen LogP contribution in [0, 0.1) is 13.8 Å². The van der Waals surface area contributed by atoms with Gasteiger partial charge in [-0.2, -0.15) is 0 Å². The highest BCUT2D eigenvalue weighted by Gasteiger charge is 2.23. The van der Waals surface area contributed by atoms with E-state index in [-0.39, 0.29) is 5.91 Å². The van der Waals surface area contributed by atoms with Crippen LogP contribution in [0.15, 0.2) is 18.2 Å². The Hall–Kier alpha value is -0.870. The molecule has 0 radical (unpaired) electrons.